The van der Waals surface area contributed by atoms with Crippen molar-refractivity contribution in [3.05, 3.63) is 18.2 Å². The summed E-state index contributed by atoms with van der Waals surface area (Å²) in [7, 11) is 0. The van der Waals surface area contributed by atoms with Gasteiger partial charge >= 0.3 is 0 Å². The summed E-state index contributed by atoms with van der Waals surface area (Å²) < 4.78 is 2.23. The largest absolute Gasteiger partial charge is 0.334 e. The third kappa shape index (κ3) is 3.00. The quantitative estimate of drug-likeness (QED) is 0.849. The molecule has 0 spiro atoms. The van der Waals surface area contributed by atoms with E-state index in [9.17, 15) is 0 Å². The second kappa shape index (κ2) is 6.06. The van der Waals surface area contributed by atoms with Crippen molar-refractivity contribution < 1.29 is 0 Å². The lowest BCUT2D eigenvalue weighted by atomic mass is 9.93. The molecule has 19 heavy (non-hydrogen) atoms. The number of rotatable bonds is 5. The highest BCUT2D eigenvalue weighted by Gasteiger charge is 2.34. The molecule has 1 aliphatic heterocycles. The van der Waals surface area contributed by atoms with Gasteiger partial charge in [0.1, 0.15) is 5.82 Å². The molecular weight excluding hydrogens is 236 g/mol. The molecule has 106 valence electrons. The van der Waals surface area contributed by atoms with E-state index in [1.165, 1.54) is 38.6 Å². The fourth-order valence-electron chi connectivity index (χ4n) is 3.81. The van der Waals surface area contributed by atoms with Gasteiger partial charge in [-0.05, 0) is 45.1 Å². The fraction of sp³-hybridized carbons (Fsp3) is 0.800. The molecule has 1 saturated carbocycles. The molecule has 3 unspecified atom stereocenters. The van der Waals surface area contributed by atoms with Crippen molar-refractivity contribution in [3.63, 3.8) is 0 Å². The topological polar surface area (TPSA) is 41.9 Å². The second-order valence-electron chi connectivity index (χ2n) is 6.03. The molecule has 1 aliphatic carbocycles. The summed E-state index contributed by atoms with van der Waals surface area (Å²) in [4.78, 5) is 4.27. The van der Waals surface area contributed by atoms with Gasteiger partial charge in [0.2, 0.25) is 0 Å². The molecule has 4 nitrogen and oxygen atoms in total. The SMILES string of the molecule is Cc1nccn1CCNC1CCCC1C1CCCN1. The Morgan fingerprint density at radius 3 is 3.05 bits per heavy atom. The van der Waals surface area contributed by atoms with Crippen molar-refractivity contribution in [2.45, 2.75) is 57.7 Å². The van der Waals surface area contributed by atoms with Gasteiger partial charge in [0, 0.05) is 37.6 Å². The monoisotopic (exact) mass is 262 g/mol. The fourth-order valence-corrected chi connectivity index (χ4v) is 3.81. The minimum absolute atomic E-state index is 0.722. The lowest BCUT2D eigenvalue weighted by Gasteiger charge is -2.26. The van der Waals surface area contributed by atoms with E-state index in [4.69, 9.17) is 0 Å². The second-order valence-corrected chi connectivity index (χ2v) is 6.03. The van der Waals surface area contributed by atoms with E-state index in [1.807, 2.05) is 6.20 Å². The normalized spacial score (nSPS) is 31.1. The third-order valence-corrected chi connectivity index (χ3v) is 4.87. The highest BCUT2D eigenvalue weighted by atomic mass is 15.1. The maximum Gasteiger partial charge on any atom is 0.105 e. The third-order valence-electron chi connectivity index (χ3n) is 4.87. The van der Waals surface area contributed by atoms with E-state index in [-0.39, 0.29) is 0 Å². The smallest absolute Gasteiger partial charge is 0.105 e. The molecule has 3 rings (SSSR count). The van der Waals surface area contributed by atoms with Crippen LogP contribution in [0.3, 0.4) is 0 Å². The summed E-state index contributed by atoms with van der Waals surface area (Å²) in [5, 5.41) is 7.47. The summed E-state index contributed by atoms with van der Waals surface area (Å²) in [5.74, 6) is 1.97. The molecule has 0 aromatic carbocycles. The number of nitrogens with zero attached hydrogens (tertiary/aromatic N) is 2. The van der Waals surface area contributed by atoms with Crippen molar-refractivity contribution in [1.29, 1.82) is 0 Å². The van der Waals surface area contributed by atoms with Gasteiger partial charge in [0.15, 0.2) is 0 Å². The van der Waals surface area contributed by atoms with Gasteiger partial charge in [0.25, 0.3) is 0 Å². The number of hydrogen-bond donors (Lipinski definition) is 2. The summed E-state index contributed by atoms with van der Waals surface area (Å²) >= 11 is 0. The molecule has 4 heteroatoms. The van der Waals surface area contributed by atoms with Crippen molar-refractivity contribution in [1.82, 2.24) is 20.2 Å². The van der Waals surface area contributed by atoms with Crippen LogP contribution in [0.4, 0.5) is 0 Å². The number of imidazole rings is 1. The summed E-state index contributed by atoms with van der Waals surface area (Å²) in [6, 6.07) is 1.49. The van der Waals surface area contributed by atoms with Crippen molar-refractivity contribution in [2.75, 3.05) is 13.1 Å². The molecule has 0 bridgehead atoms. The summed E-state index contributed by atoms with van der Waals surface area (Å²) in [5.41, 5.74) is 0. The van der Waals surface area contributed by atoms with Gasteiger partial charge in [-0.15, -0.1) is 0 Å². The molecule has 2 fully saturated rings. The van der Waals surface area contributed by atoms with Crippen LogP contribution in [0.2, 0.25) is 0 Å². The van der Waals surface area contributed by atoms with Gasteiger partial charge in [-0.1, -0.05) is 6.42 Å². The molecule has 2 aliphatic rings. The highest BCUT2D eigenvalue weighted by molar-refractivity contribution is 4.93. The summed E-state index contributed by atoms with van der Waals surface area (Å²) in [6.45, 7) is 5.39. The number of aryl methyl sites for hydroxylation is 1. The lowest BCUT2D eigenvalue weighted by molar-refractivity contribution is 0.318. The molecular formula is C15H26N4. The van der Waals surface area contributed by atoms with Crippen molar-refractivity contribution in [3.8, 4) is 0 Å². The van der Waals surface area contributed by atoms with E-state index in [1.54, 1.807) is 0 Å². The van der Waals surface area contributed by atoms with Crippen LogP contribution in [0.5, 0.6) is 0 Å². The first-order chi connectivity index (χ1) is 9.34. The van der Waals surface area contributed by atoms with E-state index in [2.05, 4.69) is 33.3 Å². The van der Waals surface area contributed by atoms with E-state index in [0.29, 0.717) is 0 Å². The first-order valence-corrected chi connectivity index (χ1v) is 7.79. The molecule has 0 radical (unpaired) electrons. The zero-order valence-corrected chi connectivity index (χ0v) is 11.9. The van der Waals surface area contributed by atoms with Crippen molar-refractivity contribution >= 4 is 0 Å². The van der Waals surface area contributed by atoms with Crippen LogP contribution in [0.15, 0.2) is 12.4 Å². The van der Waals surface area contributed by atoms with Gasteiger partial charge < -0.3 is 15.2 Å². The van der Waals surface area contributed by atoms with Gasteiger partial charge in [-0.25, -0.2) is 4.98 Å². The molecule has 2 N–H and O–H groups in total. The number of nitrogens with one attached hydrogen (secondary N) is 2. The van der Waals surface area contributed by atoms with E-state index in [0.717, 1.165) is 36.9 Å². The van der Waals surface area contributed by atoms with Crippen LogP contribution in [0.1, 0.15) is 37.9 Å². The zero-order chi connectivity index (χ0) is 13.1. The minimum Gasteiger partial charge on any atom is -0.334 e. The lowest BCUT2D eigenvalue weighted by Crippen LogP contribution is -2.43. The predicted molar refractivity (Wildman–Crippen MR) is 77.1 cm³/mol. The number of aromatic nitrogens is 2. The van der Waals surface area contributed by atoms with Crippen LogP contribution in [0.25, 0.3) is 0 Å². The molecule has 0 amide bonds. The molecule has 3 atom stereocenters. The zero-order valence-electron chi connectivity index (χ0n) is 11.9. The molecule has 1 aromatic heterocycles. The van der Waals surface area contributed by atoms with E-state index < -0.39 is 0 Å². The van der Waals surface area contributed by atoms with E-state index >= 15 is 0 Å². The average molecular weight is 262 g/mol. The standard InChI is InChI=1S/C15H26N4/c1-12-16-8-10-19(12)11-9-18-14-5-2-4-13(14)15-6-3-7-17-15/h8,10,13-15,17-18H,2-7,9,11H2,1H3. The first kappa shape index (κ1) is 13.1. The maximum absolute atomic E-state index is 4.27. The van der Waals surface area contributed by atoms with Crippen LogP contribution >= 0.6 is 0 Å². The summed E-state index contributed by atoms with van der Waals surface area (Å²) in [6.07, 6.45) is 10.8. The highest BCUT2D eigenvalue weighted by Crippen LogP contribution is 2.31. The predicted octanol–water partition coefficient (Wildman–Crippen LogP) is 1.70. The number of hydrogen-bond acceptors (Lipinski definition) is 3. The molecule has 1 saturated heterocycles. The van der Waals surface area contributed by atoms with Gasteiger partial charge in [0.05, 0.1) is 0 Å². The van der Waals surface area contributed by atoms with Crippen LogP contribution in [0, 0.1) is 12.8 Å². The maximum atomic E-state index is 4.27. The molecule has 1 aromatic rings. The Hall–Kier alpha value is -0.870. The Labute approximate surface area is 116 Å². The Kier molecular flexibility index (Phi) is 4.18. The molecule has 2 heterocycles. The van der Waals surface area contributed by atoms with Gasteiger partial charge in [-0.2, -0.15) is 0 Å². The minimum atomic E-state index is 0.722. The first-order valence-electron chi connectivity index (χ1n) is 7.79. The Morgan fingerprint density at radius 1 is 1.37 bits per heavy atom. The Morgan fingerprint density at radius 2 is 2.32 bits per heavy atom. The Balaban J connectivity index is 1.47. The van der Waals surface area contributed by atoms with Crippen molar-refractivity contribution in [2.24, 2.45) is 5.92 Å². The van der Waals surface area contributed by atoms with Gasteiger partial charge in [-0.3, -0.25) is 0 Å². The average Bonchev–Trinajstić information content (AvgIpc) is 3.11. The van der Waals surface area contributed by atoms with Crippen LogP contribution < -0.4 is 10.6 Å². The van der Waals surface area contributed by atoms with Crippen LogP contribution in [-0.4, -0.2) is 34.7 Å². The Bertz CT molecular complexity index is 395. The van der Waals surface area contributed by atoms with Crippen LogP contribution in [-0.2, 0) is 6.54 Å².